The summed E-state index contributed by atoms with van der Waals surface area (Å²) in [6.45, 7) is 4.55. The van der Waals surface area contributed by atoms with Crippen LogP contribution in [0.15, 0.2) is 58.5 Å². The molecular weight excluding hydrogens is 364 g/mol. The van der Waals surface area contributed by atoms with E-state index >= 15 is 0 Å². The summed E-state index contributed by atoms with van der Waals surface area (Å²) in [5.74, 6) is 1.12. The highest BCUT2D eigenvalue weighted by molar-refractivity contribution is 7.22. The molecule has 0 radical (unpaired) electrons. The van der Waals surface area contributed by atoms with E-state index in [2.05, 4.69) is 64.5 Å². The maximum absolute atomic E-state index is 4.66. The quantitative estimate of drug-likeness (QED) is 0.326. The summed E-state index contributed by atoms with van der Waals surface area (Å²) in [7, 11) is 1.74. The number of benzene rings is 2. The van der Waals surface area contributed by atoms with Crippen molar-refractivity contribution in [3.05, 3.63) is 54.1 Å². The number of nitrogens with zero attached hydrogens (tertiary/aromatic N) is 3. The summed E-state index contributed by atoms with van der Waals surface area (Å²) in [5.41, 5.74) is 3.47. The SMILES string of the molecule is CCC(CC)C(CC=NC=NC)c1ccc(Nc2nc3ccccc3s2)cc1. The predicted molar refractivity (Wildman–Crippen MR) is 124 cm³/mol. The molecule has 146 valence electrons. The van der Waals surface area contributed by atoms with Gasteiger partial charge in [-0.25, -0.2) is 9.98 Å². The maximum atomic E-state index is 4.66. The topological polar surface area (TPSA) is 49.6 Å². The average Bonchev–Trinajstić information content (AvgIpc) is 3.13. The number of nitrogens with one attached hydrogen (secondary N) is 1. The first-order valence-corrected chi connectivity index (χ1v) is 10.7. The number of rotatable bonds is 9. The Morgan fingerprint density at radius 2 is 1.82 bits per heavy atom. The Labute approximate surface area is 171 Å². The Kier molecular flexibility index (Phi) is 7.31. The van der Waals surface area contributed by atoms with Gasteiger partial charge in [-0.15, -0.1) is 0 Å². The Hall–Kier alpha value is -2.53. The first-order valence-electron chi connectivity index (χ1n) is 9.90. The molecule has 5 heteroatoms. The zero-order chi connectivity index (χ0) is 19.8. The van der Waals surface area contributed by atoms with Crippen LogP contribution in [0.3, 0.4) is 0 Å². The first-order chi connectivity index (χ1) is 13.7. The molecule has 1 aromatic heterocycles. The van der Waals surface area contributed by atoms with Crippen molar-refractivity contribution in [2.24, 2.45) is 15.9 Å². The second-order valence-electron chi connectivity index (χ2n) is 6.86. The Bertz CT molecular complexity index is 890. The summed E-state index contributed by atoms with van der Waals surface area (Å²) >= 11 is 1.68. The van der Waals surface area contributed by atoms with Crippen molar-refractivity contribution in [3.8, 4) is 0 Å². The first kappa shape index (κ1) is 20.2. The van der Waals surface area contributed by atoms with Gasteiger partial charge in [0.25, 0.3) is 0 Å². The number of anilines is 2. The van der Waals surface area contributed by atoms with Crippen LogP contribution >= 0.6 is 11.3 Å². The summed E-state index contributed by atoms with van der Waals surface area (Å²) < 4.78 is 1.20. The standard InChI is InChI=1S/C23H28N4S/c1-4-17(5-2)20(14-15-25-16-24-3)18-10-12-19(13-11-18)26-23-27-21-8-6-7-9-22(21)28-23/h6-13,15-17,20H,4-5,14H2,1-3H3,(H,26,27). The summed E-state index contributed by atoms with van der Waals surface area (Å²) in [6.07, 6.45) is 6.87. The van der Waals surface area contributed by atoms with Crippen LogP contribution in [-0.4, -0.2) is 24.6 Å². The molecule has 1 atom stereocenters. The van der Waals surface area contributed by atoms with Crippen molar-refractivity contribution < 1.29 is 0 Å². The number of aliphatic imine (C=N–C) groups is 2. The molecule has 4 nitrogen and oxygen atoms in total. The molecule has 0 saturated carbocycles. The Morgan fingerprint density at radius 1 is 1.07 bits per heavy atom. The number of para-hydroxylation sites is 1. The zero-order valence-electron chi connectivity index (χ0n) is 16.8. The van der Waals surface area contributed by atoms with E-state index in [1.807, 2.05) is 24.4 Å². The zero-order valence-corrected chi connectivity index (χ0v) is 17.6. The molecule has 1 heterocycles. The van der Waals surface area contributed by atoms with Crippen molar-refractivity contribution in [2.75, 3.05) is 12.4 Å². The van der Waals surface area contributed by atoms with E-state index in [9.17, 15) is 0 Å². The van der Waals surface area contributed by atoms with Crippen LogP contribution in [-0.2, 0) is 0 Å². The third-order valence-electron chi connectivity index (χ3n) is 5.15. The fraction of sp³-hybridized carbons (Fsp3) is 0.348. The smallest absolute Gasteiger partial charge is 0.188 e. The second kappa shape index (κ2) is 10.1. The van der Waals surface area contributed by atoms with Gasteiger partial charge in [0, 0.05) is 18.9 Å². The van der Waals surface area contributed by atoms with Crippen LogP contribution in [0.5, 0.6) is 0 Å². The fourth-order valence-corrected chi connectivity index (χ4v) is 4.50. The molecule has 0 saturated heterocycles. The minimum absolute atomic E-state index is 0.473. The molecule has 0 spiro atoms. The van der Waals surface area contributed by atoms with Crippen LogP contribution in [0.2, 0.25) is 0 Å². The van der Waals surface area contributed by atoms with Gasteiger partial charge < -0.3 is 5.32 Å². The van der Waals surface area contributed by atoms with E-state index in [1.165, 1.54) is 23.1 Å². The van der Waals surface area contributed by atoms with E-state index in [0.29, 0.717) is 11.8 Å². The number of aromatic nitrogens is 1. The number of hydrogen-bond donors (Lipinski definition) is 1. The lowest BCUT2D eigenvalue weighted by Gasteiger charge is -2.24. The van der Waals surface area contributed by atoms with Gasteiger partial charge in [0.1, 0.15) is 6.34 Å². The van der Waals surface area contributed by atoms with Gasteiger partial charge in [0.05, 0.1) is 10.2 Å². The molecule has 2 aromatic carbocycles. The maximum Gasteiger partial charge on any atom is 0.188 e. The summed E-state index contributed by atoms with van der Waals surface area (Å²) in [6, 6.07) is 17.0. The predicted octanol–water partition coefficient (Wildman–Crippen LogP) is 6.68. The largest absolute Gasteiger partial charge is 0.332 e. The van der Waals surface area contributed by atoms with E-state index in [-0.39, 0.29) is 0 Å². The Morgan fingerprint density at radius 3 is 2.50 bits per heavy atom. The van der Waals surface area contributed by atoms with Crippen molar-refractivity contribution in [1.82, 2.24) is 4.98 Å². The molecule has 0 bridgehead atoms. The lowest BCUT2D eigenvalue weighted by molar-refractivity contribution is 0.406. The third kappa shape index (κ3) is 5.04. The lowest BCUT2D eigenvalue weighted by atomic mass is 9.81. The minimum atomic E-state index is 0.473. The van der Waals surface area contributed by atoms with Crippen molar-refractivity contribution >= 4 is 44.9 Å². The second-order valence-corrected chi connectivity index (χ2v) is 7.89. The Balaban J connectivity index is 1.75. The van der Waals surface area contributed by atoms with Crippen molar-refractivity contribution in [3.63, 3.8) is 0 Å². The summed E-state index contributed by atoms with van der Waals surface area (Å²) in [4.78, 5) is 12.8. The molecule has 28 heavy (non-hydrogen) atoms. The summed E-state index contributed by atoms with van der Waals surface area (Å²) in [5, 5.41) is 4.37. The van der Waals surface area contributed by atoms with Crippen LogP contribution in [0.1, 0.15) is 44.6 Å². The number of hydrogen-bond acceptors (Lipinski definition) is 4. The highest BCUT2D eigenvalue weighted by Gasteiger charge is 2.19. The molecule has 0 aliphatic rings. The molecule has 1 unspecified atom stereocenters. The minimum Gasteiger partial charge on any atom is -0.332 e. The van der Waals surface area contributed by atoms with E-state index in [0.717, 1.165) is 22.8 Å². The lowest BCUT2D eigenvalue weighted by Crippen LogP contribution is -2.12. The van der Waals surface area contributed by atoms with Crippen LogP contribution < -0.4 is 5.32 Å². The van der Waals surface area contributed by atoms with Gasteiger partial charge in [-0.1, -0.05) is 62.3 Å². The highest BCUT2D eigenvalue weighted by atomic mass is 32.1. The van der Waals surface area contributed by atoms with Crippen molar-refractivity contribution in [1.29, 1.82) is 0 Å². The van der Waals surface area contributed by atoms with Gasteiger partial charge in [0.2, 0.25) is 0 Å². The van der Waals surface area contributed by atoms with E-state index in [1.54, 1.807) is 24.7 Å². The molecule has 0 aliphatic heterocycles. The van der Waals surface area contributed by atoms with Gasteiger partial charge >= 0.3 is 0 Å². The molecular formula is C23H28N4S. The van der Waals surface area contributed by atoms with Crippen molar-refractivity contribution in [2.45, 2.75) is 39.0 Å². The molecule has 3 aromatic rings. The number of thiazole rings is 1. The monoisotopic (exact) mass is 392 g/mol. The molecule has 0 aliphatic carbocycles. The van der Waals surface area contributed by atoms with Gasteiger partial charge in [-0.05, 0) is 48.1 Å². The van der Waals surface area contributed by atoms with E-state index < -0.39 is 0 Å². The molecule has 3 rings (SSSR count). The third-order valence-corrected chi connectivity index (χ3v) is 6.10. The van der Waals surface area contributed by atoms with Crippen LogP contribution in [0.25, 0.3) is 10.2 Å². The van der Waals surface area contributed by atoms with Gasteiger partial charge in [-0.2, -0.15) is 0 Å². The van der Waals surface area contributed by atoms with Crippen LogP contribution in [0, 0.1) is 5.92 Å². The average molecular weight is 393 g/mol. The molecule has 0 amide bonds. The van der Waals surface area contributed by atoms with E-state index in [4.69, 9.17) is 0 Å². The molecule has 0 fully saturated rings. The normalized spacial score (nSPS) is 13.1. The van der Waals surface area contributed by atoms with Gasteiger partial charge in [0.15, 0.2) is 5.13 Å². The molecule has 1 N–H and O–H groups in total. The van der Waals surface area contributed by atoms with Crippen LogP contribution in [0.4, 0.5) is 10.8 Å². The highest BCUT2D eigenvalue weighted by Crippen LogP contribution is 2.34. The van der Waals surface area contributed by atoms with Gasteiger partial charge in [-0.3, -0.25) is 4.99 Å². The number of fused-ring (bicyclic) bond motifs is 1. The fourth-order valence-electron chi connectivity index (χ4n) is 3.61.